The standard InChI is InChI=1S/C25H28N6O4S/c1-15-21(23(34)35-25(2,3)4)36-24(28-15)30-20(32)12-19(9-10-26)29-22(33)17-8-6-7-16(11-17)18-13-27-31(5)14-18/h6-8,11,13-14,19H,9,12H2,1-5H3,(H,29,33)(H,28,30,32)/t19-/m1/s1. The molecule has 0 spiro atoms. The van der Waals surface area contributed by atoms with E-state index in [4.69, 9.17) is 4.74 Å². The van der Waals surface area contributed by atoms with Gasteiger partial charge in [-0.1, -0.05) is 23.5 Å². The normalized spacial score (nSPS) is 11.9. The van der Waals surface area contributed by atoms with Crippen molar-refractivity contribution in [1.82, 2.24) is 20.1 Å². The predicted molar refractivity (Wildman–Crippen MR) is 135 cm³/mol. The van der Waals surface area contributed by atoms with Gasteiger partial charge in [0, 0.05) is 30.8 Å². The maximum atomic E-state index is 12.9. The van der Waals surface area contributed by atoms with Crippen molar-refractivity contribution < 1.29 is 19.1 Å². The molecule has 188 valence electrons. The number of nitriles is 1. The van der Waals surface area contributed by atoms with Crippen molar-refractivity contribution in [3.05, 3.63) is 52.8 Å². The third-order valence-corrected chi connectivity index (χ3v) is 5.95. The van der Waals surface area contributed by atoms with Gasteiger partial charge in [0.25, 0.3) is 5.91 Å². The van der Waals surface area contributed by atoms with Crippen LogP contribution in [0.1, 0.15) is 59.3 Å². The number of amides is 2. The molecule has 0 saturated heterocycles. The second-order valence-corrected chi connectivity index (χ2v) is 10.2. The highest BCUT2D eigenvalue weighted by Gasteiger charge is 2.24. The van der Waals surface area contributed by atoms with Crippen LogP contribution in [-0.4, -0.2) is 44.2 Å². The number of rotatable bonds is 8. The van der Waals surface area contributed by atoms with E-state index in [0.29, 0.717) is 16.1 Å². The van der Waals surface area contributed by atoms with Gasteiger partial charge in [0.1, 0.15) is 10.5 Å². The highest BCUT2D eigenvalue weighted by Crippen LogP contribution is 2.25. The van der Waals surface area contributed by atoms with Crippen LogP contribution in [0.15, 0.2) is 36.7 Å². The summed E-state index contributed by atoms with van der Waals surface area (Å²) in [6, 6.07) is 8.31. The number of aromatic nitrogens is 3. The van der Waals surface area contributed by atoms with Crippen LogP contribution in [0.3, 0.4) is 0 Å². The molecule has 0 bridgehead atoms. The van der Waals surface area contributed by atoms with Crippen molar-refractivity contribution >= 4 is 34.3 Å². The quantitative estimate of drug-likeness (QED) is 0.441. The van der Waals surface area contributed by atoms with Crippen molar-refractivity contribution in [1.29, 1.82) is 5.26 Å². The molecule has 11 heteroatoms. The van der Waals surface area contributed by atoms with Gasteiger partial charge >= 0.3 is 5.97 Å². The van der Waals surface area contributed by atoms with Crippen LogP contribution in [0.4, 0.5) is 5.13 Å². The first kappa shape index (κ1) is 26.6. The summed E-state index contributed by atoms with van der Waals surface area (Å²) in [7, 11) is 1.81. The Labute approximate surface area is 213 Å². The lowest BCUT2D eigenvalue weighted by Gasteiger charge is -2.18. The molecule has 2 amide bonds. The van der Waals surface area contributed by atoms with Crippen LogP contribution in [0.5, 0.6) is 0 Å². The number of esters is 1. The molecule has 2 aromatic heterocycles. The summed E-state index contributed by atoms with van der Waals surface area (Å²) in [6.07, 6.45) is 3.35. The molecule has 0 unspecified atom stereocenters. The predicted octanol–water partition coefficient (Wildman–Crippen LogP) is 3.85. The zero-order valence-electron chi connectivity index (χ0n) is 20.8. The highest BCUT2D eigenvalue weighted by atomic mass is 32.1. The second kappa shape index (κ2) is 11.1. The van der Waals surface area contributed by atoms with Gasteiger partial charge in [0.2, 0.25) is 5.91 Å². The van der Waals surface area contributed by atoms with E-state index in [1.54, 1.807) is 56.8 Å². The van der Waals surface area contributed by atoms with Crippen molar-refractivity contribution in [2.24, 2.45) is 7.05 Å². The van der Waals surface area contributed by atoms with E-state index in [0.717, 1.165) is 22.5 Å². The Kier molecular flexibility index (Phi) is 8.22. The third kappa shape index (κ3) is 7.23. The first-order chi connectivity index (χ1) is 16.9. The van der Waals surface area contributed by atoms with E-state index in [-0.39, 0.29) is 18.0 Å². The Morgan fingerprint density at radius 3 is 2.64 bits per heavy atom. The summed E-state index contributed by atoms with van der Waals surface area (Å²) in [6.45, 7) is 6.96. The minimum atomic E-state index is -0.712. The molecule has 2 N–H and O–H groups in total. The second-order valence-electron chi connectivity index (χ2n) is 9.20. The Morgan fingerprint density at radius 2 is 2.00 bits per heavy atom. The number of carbonyl (C=O) groups is 3. The van der Waals surface area contributed by atoms with Crippen molar-refractivity contribution in [2.75, 3.05) is 5.32 Å². The summed E-state index contributed by atoms with van der Waals surface area (Å²) >= 11 is 1.01. The number of ether oxygens (including phenoxy) is 1. The lowest BCUT2D eigenvalue weighted by atomic mass is 10.0. The summed E-state index contributed by atoms with van der Waals surface area (Å²) < 4.78 is 7.04. The third-order valence-electron chi connectivity index (χ3n) is 4.89. The average Bonchev–Trinajstić information content (AvgIpc) is 3.38. The Morgan fingerprint density at radius 1 is 1.25 bits per heavy atom. The SMILES string of the molecule is Cc1nc(NC(=O)C[C@@H](CC#N)NC(=O)c2cccc(-c3cnn(C)c3)c2)sc1C(=O)OC(C)(C)C. The van der Waals surface area contributed by atoms with Crippen LogP contribution >= 0.6 is 11.3 Å². The molecule has 1 atom stereocenters. The monoisotopic (exact) mass is 508 g/mol. The Balaban J connectivity index is 1.64. The molecule has 0 aliphatic rings. The zero-order chi connectivity index (χ0) is 26.5. The van der Waals surface area contributed by atoms with Crippen LogP contribution < -0.4 is 10.6 Å². The van der Waals surface area contributed by atoms with Gasteiger partial charge < -0.3 is 15.4 Å². The molecular weight excluding hydrogens is 480 g/mol. The number of nitrogens with zero attached hydrogens (tertiary/aromatic N) is 4. The van der Waals surface area contributed by atoms with Gasteiger partial charge in [-0.05, 0) is 45.4 Å². The largest absolute Gasteiger partial charge is 0.456 e. The molecule has 0 radical (unpaired) electrons. The van der Waals surface area contributed by atoms with Gasteiger partial charge in [-0.15, -0.1) is 0 Å². The molecule has 0 aliphatic heterocycles. The summed E-state index contributed by atoms with van der Waals surface area (Å²) in [5.74, 6) is -1.35. The van der Waals surface area contributed by atoms with E-state index in [1.807, 2.05) is 25.4 Å². The number of anilines is 1. The molecule has 1 aromatic carbocycles. The van der Waals surface area contributed by atoms with Gasteiger partial charge in [0.15, 0.2) is 5.13 Å². The first-order valence-corrected chi connectivity index (χ1v) is 12.0. The maximum absolute atomic E-state index is 12.9. The minimum absolute atomic E-state index is 0.0541. The van der Waals surface area contributed by atoms with Crippen LogP contribution in [-0.2, 0) is 16.6 Å². The molecule has 3 rings (SSSR count). The minimum Gasteiger partial charge on any atom is -0.456 e. The van der Waals surface area contributed by atoms with Crippen LogP contribution in [0, 0.1) is 18.3 Å². The first-order valence-electron chi connectivity index (χ1n) is 11.2. The highest BCUT2D eigenvalue weighted by molar-refractivity contribution is 7.17. The number of thiazole rings is 1. The van der Waals surface area contributed by atoms with Gasteiger partial charge in [-0.3, -0.25) is 14.3 Å². The fourth-order valence-electron chi connectivity index (χ4n) is 3.32. The Hall–Kier alpha value is -4.04. The number of hydrogen-bond acceptors (Lipinski definition) is 8. The lowest BCUT2D eigenvalue weighted by molar-refractivity contribution is -0.116. The smallest absolute Gasteiger partial charge is 0.350 e. The zero-order valence-corrected chi connectivity index (χ0v) is 21.6. The topological polar surface area (TPSA) is 139 Å². The fourth-order valence-corrected chi connectivity index (χ4v) is 4.18. The molecule has 36 heavy (non-hydrogen) atoms. The van der Waals surface area contributed by atoms with Crippen molar-refractivity contribution in [2.45, 2.75) is 52.2 Å². The molecule has 0 aliphatic carbocycles. The lowest BCUT2D eigenvalue weighted by Crippen LogP contribution is -2.37. The van der Waals surface area contributed by atoms with E-state index in [2.05, 4.69) is 20.7 Å². The summed E-state index contributed by atoms with van der Waals surface area (Å²) in [5, 5.41) is 19.0. The van der Waals surface area contributed by atoms with E-state index in [1.165, 1.54) is 0 Å². The van der Waals surface area contributed by atoms with Crippen molar-refractivity contribution in [3.8, 4) is 17.2 Å². The number of nitrogens with one attached hydrogen (secondary N) is 2. The molecule has 0 saturated carbocycles. The van der Waals surface area contributed by atoms with E-state index in [9.17, 15) is 19.6 Å². The molecule has 0 fully saturated rings. The summed E-state index contributed by atoms with van der Waals surface area (Å²) in [5.41, 5.74) is 1.88. The van der Waals surface area contributed by atoms with E-state index < -0.39 is 29.4 Å². The summed E-state index contributed by atoms with van der Waals surface area (Å²) in [4.78, 5) is 42.4. The number of hydrogen-bond donors (Lipinski definition) is 2. The van der Waals surface area contributed by atoms with Crippen LogP contribution in [0.25, 0.3) is 11.1 Å². The van der Waals surface area contributed by atoms with Crippen molar-refractivity contribution in [3.63, 3.8) is 0 Å². The molecule has 2 heterocycles. The molecular formula is C25H28N6O4S. The molecule has 3 aromatic rings. The van der Waals surface area contributed by atoms with Gasteiger partial charge in [-0.25, -0.2) is 9.78 Å². The van der Waals surface area contributed by atoms with Gasteiger partial charge in [-0.2, -0.15) is 10.4 Å². The fraction of sp³-hybridized carbons (Fsp3) is 0.360. The van der Waals surface area contributed by atoms with E-state index >= 15 is 0 Å². The van der Waals surface area contributed by atoms with Crippen LogP contribution in [0.2, 0.25) is 0 Å². The average molecular weight is 509 g/mol. The number of aryl methyl sites for hydroxylation is 2. The molecule has 10 nitrogen and oxygen atoms in total. The number of benzene rings is 1. The number of carbonyl (C=O) groups excluding carboxylic acids is 3. The Bertz CT molecular complexity index is 1310. The maximum Gasteiger partial charge on any atom is 0.350 e. The van der Waals surface area contributed by atoms with Gasteiger partial charge in [0.05, 0.1) is 30.4 Å².